The van der Waals surface area contributed by atoms with Crippen LogP contribution < -0.4 is 5.32 Å². The Morgan fingerprint density at radius 3 is 2.28 bits per heavy atom. The highest BCUT2D eigenvalue weighted by molar-refractivity contribution is 6.74. The van der Waals surface area contributed by atoms with E-state index in [1.165, 1.54) is 0 Å². The molecule has 29 heavy (non-hydrogen) atoms. The number of carbonyl (C=O) groups is 2. The summed E-state index contributed by atoms with van der Waals surface area (Å²) in [6.45, 7) is 16.7. The van der Waals surface area contributed by atoms with Crippen molar-refractivity contribution in [3.63, 3.8) is 0 Å². The summed E-state index contributed by atoms with van der Waals surface area (Å²) in [5.74, 6) is -0.462. The van der Waals surface area contributed by atoms with Gasteiger partial charge in [-0.15, -0.1) is 0 Å². The minimum absolute atomic E-state index is 0.123. The van der Waals surface area contributed by atoms with Crippen LogP contribution in [0.4, 0.5) is 0 Å². The molecular formula is C22H36ClNO4Si. The third kappa shape index (κ3) is 7.21. The van der Waals surface area contributed by atoms with Crippen molar-refractivity contribution in [1.82, 2.24) is 5.32 Å². The van der Waals surface area contributed by atoms with E-state index in [-0.39, 0.29) is 11.6 Å². The van der Waals surface area contributed by atoms with E-state index >= 15 is 0 Å². The fourth-order valence-electron chi connectivity index (χ4n) is 2.54. The number of nitrogens with one attached hydrogen (secondary N) is 1. The van der Waals surface area contributed by atoms with Gasteiger partial charge in [-0.1, -0.05) is 44.5 Å². The summed E-state index contributed by atoms with van der Waals surface area (Å²) in [4.78, 5) is 24.3. The number of hydrogen-bond acceptors (Lipinski definition) is 5. The molecule has 0 amide bonds. The van der Waals surface area contributed by atoms with Crippen LogP contribution in [0.15, 0.2) is 24.3 Å². The lowest BCUT2D eigenvalue weighted by atomic mass is 9.93. The topological polar surface area (TPSA) is 64.6 Å². The Kier molecular flexibility index (Phi) is 8.66. The summed E-state index contributed by atoms with van der Waals surface area (Å²) in [6, 6.07) is 7.15. The number of benzene rings is 1. The smallest absolute Gasteiger partial charge is 0.343 e. The Labute approximate surface area is 181 Å². The number of halogens is 1. The summed E-state index contributed by atoms with van der Waals surface area (Å²) >= 11 is 6.27. The van der Waals surface area contributed by atoms with Crippen molar-refractivity contribution in [3.8, 4) is 0 Å². The first-order valence-corrected chi connectivity index (χ1v) is 13.3. The molecule has 5 nitrogen and oxygen atoms in total. The molecule has 0 aliphatic rings. The van der Waals surface area contributed by atoms with Gasteiger partial charge in [0.05, 0.1) is 0 Å². The molecule has 1 aromatic rings. The molecule has 1 aromatic carbocycles. The van der Waals surface area contributed by atoms with Crippen LogP contribution in [0.2, 0.25) is 23.2 Å². The van der Waals surface area contributed by atoms with Crippen LogP contribution in [-0.4, -0.2) is 39.3 Å². The van der Waals surface area contributed by atoms with Crippen LogP contribution >= 0.6 is 11.6 Å². The zero-order valence-electron chi connectivity index (χ0n) is 19.0. The zero-order chi connectivity index (χ0) is 22.5. The van der Waals surface area contributed by atoms with Gasteiger partial charge in [0.2, 0.25) is 0 Å². The van der Waals surface area contributed by atoms with Gasteiger partial charge < -0.3 is 19.3 Å². The molecule has 0 bridgehead atoms. The molecule has 0 aliphatic heterocycles. The molecule has 0 aliphatic carbocycles. The highest BCUT2D eigenvalue weighted by atomic mass is 35.5. The van der Waals surface area contributed by atoms with Crippen LogP contribution in [0.25, 0.3) is 0 Å². The van der Waals surface area contributed by atoms with Crippen molar-refractivity contribution < 1.29 is 18.8 Å². The van der Waals surface area contributed by atoms with E-state index in [4.69, 9.17) is 20.8 Å². The third-order valence-corrected chi connectivity index (χ3v) is 9.77. The lowest BCUT2D eigenvalue weighted by molar-refractivity contribution is -0.176. The van der Waals surface area contributed by atoms with E-state index in [0.29, 0.717) is 23.6 Å². The summed E-state index contributed by atoms with van der Waals surface area (Å²) in [7, 11) is -2.40. The number of ether oxygens (including phenoxy) is 1. The van der Waals surface area contributed by atoms with E-state index in [2.05, 4.69) is 39.2 Å². The Hall–Kier alpha value is -1.21. The van der Waals surface area contributed by atoms with Crippen molar-refractivity contribution in [2.24, 2.45) is 0 Å². The highest BCUT2D eigenvalue weighted by Gasteiger charge is 2.51. The van der Waals surface area contributed by atoms with Crippen LogP contribution in [0.1, 0.15) is 53.5 Å². The summed E-state index contributed by atoms with van der Waals surface area (Å²) in [5.41, 5.74) is -1.41. The standard InChI is InChI=1S/C22H36ClNO4Si/c1-20(2,3)27-19(26)22(16-24-13-10-14-25,17-11-9-12-18(23)15-17)28-29(7,8)21(4,5)6/h9,11-12,14-15,24H,10,13,16H2,1-8H3/t22-/m1/s1. The largest absolute Gasteiger partial charge is 0.458 e. The Morgan fingerprint density at radius 2 is 1.79 bits per heavy atom. The number of aldehydes is 1. The monoisotopic (exact) mass is 441 g/mol. The molecule has 1 atom stereocenters. The maximum atomic E-state index is 13.6. The second-order valence-corrected chi connectivity index (χ2v) is 15.0. The molecule has 0 spiro atoms. The van der Waals surface area contributed by atoms with Gasteiger partial charge in [0.15, 0.2) is 13.9 Å². The van der Waals surface area contributed by atoms with Crippen molar-refractivity contribution in [1.29, 1.82) is 0 Å². The molecule has 7 heteroatoms. The summed E-state index contributed by atoms with van der Waals surface area (Å²) in [5, 5.41) is 3.60. The normalized spacial score (nSPS) is 14.9. The minimum Gasteiger partial charge on any atom is -0.458 e. The first-order valence-electron chi connectivity index (χ1n) is 9.99. The molecule has 0 unspecified atom stereocenters. The van der Waals surface area contributed by atoms with Crippen LogP contribution in [0, 0.1) is 0 Å². The molecule has 0 fully saturated rings. The second-order valence-electron chi connectivity index (χ2n) is 9.83. The number of esters is 1. The maximum Gasteiger partial charge on any atom is 0.343 e. The predicted molar refractivity (Wildman–Crippen MR) is 121 cm³/mol. The molecule has 1 rings (SSSR count). The number of hydrogen-bond donors (Lipinski definition) is 1. The van der Waals surface area contributed by atoms with E-state index in [0.717, 1.165) is 6.29 Å². The van der Waals surface area contributed by atoms with Gasteiger partial charge in [-0.3, -0.25) is 0 Å². The fraction of sp³-hybridized carbons (Fsp3) is 0.636. The van der Waals surface area contributed by atoms with Gasteiger partial charge in [-0.25, -0.2) is 4.79 Å². The van der Waals surface area contributed by atoms with E-state index in [9.17, 15) is 9.59 Å². The van der Waals surface area contributed by atoms with E-state index in [1.54, 1.807) is 18.2 Å². The minimum atomic E-state index is -2.40. The van der Waals surface area contributed by atoms with E-state index < -0.39 is 25.5 Å². The van der Waals surface area contributed by atoms with Gasteiger partial charge in [0.1, 0.15) is 11.9 Å². The summed E-state index contributed by atoms with van der Waals surface area (Å²) in [6.07, 6.45) is 1.19. The Bertz CT molecular complexity index is 709. The average molecular weight is 442 g/mol. The first kappa shape index (κ1) is 25.8. The van der Waals surface area contributed by atoms with Crippen LogP contribution in [-0.2, 0) is 24.4 Å². The molecule has 164 valence electrons. The number of carbonyl (C=O) groups excluding carboxylic acids is 2. The molecule has 0 heterocycles. The molecular weight excluding hydrogens is 406 g/mol. The molecule has 0 saturated heterocycles. The molecule has 0 radical (unpaired) electrons. The molecule has 0 saturated carbocycles. The lowest BCUT2D eigenvalue weighted by Crippen LogP contribution is -2.57. The Morgan fingerprint density at radius 1 is 1.17 bits per heavy atom. The van der Waals surface area contributed by atoms with Gasteiger partial charge in [-0.05, 0) is 56.6 Å². The maximum absolute atomic E-state index is 13.6. The van der Waals surface area contributed by atoms with Crippen molar-refractivity contribution >= 4 is 32.2 Å². The van der Waals surface area contributed by atoms with Crippen LogP contribution in [0.3, 0.4) is 0 Å². The Balaban J connectivity index is 3.57. The SMILES string of the molecule is CC(C)(C)OC(=O)[C@](CNCCC=O)(O[Si](C)(C)C(C)(C)C)c1cccc(Cl)c1. The van der Waals surface area contributed by atoms with Crippen molar-refractivity contribution in [3.05, 3.63) is 34.9 Å². The van der Waals surface area contributed by atoms with Crippen LogP contribution in [0.5, 0.6) is 0 Å². The van der Waals surface area contributed by atoms with Gasteiger partial charge >= 0.3 is 5.97 Å². The molecule has 0 aromatic heterocycles. The van der Waals surface area contributed by atoms with Gasteiger partial charge in [0.25, 0.3) is 0 Å². The highest BCUT2D eigenvalue weighted by Crippen LogP contribution is 2.43. The quantitative estimate of drug-likeness (QED) is 0.250. The summed E-state index contributed by atoms with van der Waals surface area (Å²) < 4.78 is 12.6. The average Bonchev–Trinajstić information content (AvgIpc) is 2.55. The van der Waals surface area contributed by atoms with E-state index in [1.807, 2.05) is 26.8 Å². The second kappa shape index (κ2) is 9.73. The molecule has 1 N–H and O–H groups in total. The van der Waals surface area contributed by atoms with Crippen molar-refractivity contribution in [2.45, 2.75) is 77.3 Å². The predicted octanol–water partition coefficient (Wildman–Crippen LogP) is 5.08. The zero-order valence-corrected chi connectivity index (χ0v) is 20.8. The fourth-order valence-corrected chi connectivity index (χ4v) is 4.18. The van der Waals surface area contributed by atoms with Gasteiger partial charge in [0, 0.05) is 24.5 Å². The first-order chi connectivity index (χ1) is 13.1. The lowest BCUT2D eigenvalue weighted by Gasteiger charge is -2.45. The third-order valence-electron chi connectivity index (χ3n) is 5.07. The number of rotatable bonds is 9. The van der Waals surface area contributed by atoms with Crippen molar-refractivity contribution in [2.75, 3.05) is 13.1 Å². The van der Waals surface area contributed by atoms with Gasteiger partial charge in [-0.2, -0.15) is 0 Å².